The lowest BCUT2D eigenvalue weighted by molar-refractivity contribution is 0.0885. The van der Waals surface area contributed by atoms with Crippen molar-refractivity contribution in [1.29, 1.82) is 0 Å². The molecule has 2 N–H and O–H groups in total. The number of ether oxygens (including phenoxy) is 1. The number of rotatable bonds is 4. The number of hydrogen-bond acceptors (Lipinski definition) is 4. The smallest absolute Gasteiger partial charge is 0.123 e. The van der Waals surface area contributed by atoms with E-state index in [1.165, 1.54) is 0 Å². The van der Waals surface area contributed by atoms with Gasteiger partial charge in [0.25, 0.3) is 0 Å². The first-order valence-electron chi connectivity index (χ1n) is 7.20. The van der Waals surface area contributed by atoms with Crippen LogP contribution < -0.4 is 4.74 Å². The van der Waals surface area contributed by atoms with Gasteiger partial charge in [-0.3, -0.25) is 5.10 Å². The molecule has 0 spiro atoms. The van der Waals surface area contributed by atoms with Gasteiger partial charge >= 0.3 is 0 Å². The lowest BCUT2D eigenvalue weighted by atomic mass is 10.1. The number of nitrogens with zero attached hydrogens (tertiary/aromatic N) is 2. The van der Waals surface area contributed by atoms with Crippen LogP contribution in [-0.4, -0.2) is 52.5 Å². The van der Waals surface area contributed by atoms with Gasteiger partial charge in [-0.25, -0.2) is 0 Å². The molecule has 108 valence electrons. The first-order valence-corrected chi connectivity index (χ1v) is 7.20. The van der Waals surface area contributed by atoms with Crippen LogP contribution in [-0.2, 0) is 0 Å². The lowest BCUT2D eigenvalue weighted by Gasteiger charge is -2.32. The summed E-state index contributed by atoms with van der Waals surface area (Å²) in [5.41, 5.74) is 2.20. The first-order chi connectivity index (χ1) is 9.78. The molecule has 2 aromatic rings. The van der Waals surface area contributed by atoms with E-state index in [1.807, 2.05) is 18.3 Å². The highest BCUT2D eigenvalue weighted by molar-refractivity contribution is 5.83. The van der Waals surface area contributed by atoms with Crippen LogP contribution >= 0.6 is 0 Å². The van der Waals surface area contributed by atoms with Crippen LogP contribution in [0.1, 0.15) is 18.4 Å². The molecule has 1 aliphatic rings. The SMILES string of the molecule is Cc1c(OC2CCN(CCO)CC2)ccc2[nH]ncc12. The predicted molar refractivity (Wildman–Crippen MR) is 78.0 cm³/mol. The Balaban J connectivity index is 1.66. The van der Waals surface area contributed by atoms with Crippen molar-refractivity contribution in [2.24, 2.45) is 0 Å². The summed E-state index contributed by atoms with van der Waals surface area (Å²) in [6.07, 6.45) is 4.15. The summed E-state index contributed by atoms with van der Waals surface area (Å²) in [6.45, 7) is 5.08. The topological polar surface area (TPSA) is 61.4 Å². The van der Waals surface area contributed by atoms with Crippen molar-refractivity contribution < 1.29 is 9.84 Å². The normalized spacial score (nSPS) is 17.7. The van der Waals surface area contributed by atoms with Crippen LogP contribution in [0.2, 0.25) is 0 Å². The van der Waals surface area contributed by atoms with Gasteiger partial charge in [-0.2, -0.15) is 5.10 Å². The second kappa shape index (κ2) is 5.81. The molecular formula is C15H21N3O2. The van der Waals surface area contributed by atoms with Crippen molar-refractivity contribution in [1.82, 2.24) is 15.1 Å². The molecular weight excluding hydrogens is 254 g/mol. The average Bonchev–Trinajstić information content (AvgIpc) is 2.94. The zero-order valence-electron chi connectivity index (χ0n) is 11.8. The molecule has 0 saturated carbocycles. The maximum absolute atomic E-state index is 8.95. The first kappa shape index (κ1) is 13.4. The third-order valence-electron chi connectivity index (χ3n) is 4.09. The Labute approximate surface area is 118 Å². The fourth-order valence-corrected chi connectivity index (χ4v) is 2.84. The van der Waals surface area contributed by atoms with E-state index in [9.17, 15) is 0 Å². The van der Waals surface area contributed by atoms with Crippen LogP contribution in [0.25, 0.3) is 10.9 Å². The number of aromatic amines is 1. The number of H-pyrrole nitrogens is 1. The Bertz CT molecular complexity index is 574. The van der Waals surface area contributed by atoms with Crippen molar-refractivity contribution in [2.45, 2.75) is 25.9 Å². The highest BCUT2D eigenvalue weighted by Gasteiger charge is 2.20. The van der Waals surface area contributed by atoms with Gasteiger partial charge in [-0.15, -0.1) is 0 Å². The number of β-amino-alcohol motifs (C(OH)–C–C–N with tert-alkyl or cyclic N) is 1. The largest absolute Gasteiger partial charge is 0.490 e. The lowest BCUT2D eigenvalue weighted by Crippen LogP contribution is -2.39. The Morgan fingerprint density at radius 3 is 2.95 bits per heavy atom. The molecule has 2 heterocycles. The molecule has 3 rings (SSSR count). The maximum Gasteiger partial charge on any atom is 0.123 e. The summed E-state index contributed by atoms with van der Waals surface area (Å²) in [6, 6.07) is 4.04. The van der Waals surface area contributed by atoms with E-state index in [4.69, 9.17) is 9.84 Å². The second-order valence-corrected chi connectivity index (χ2v) is 5.40. The van der Waals surface area contributed by atoms with Crippen LogP contribution in [0, 0.1) is 6.92 Å². The Morgan fingerprint density at radius 2 is 2.20 bits per heavy atom. The number of piperidine rings is 1. The molecule has 5 heteroatoms. The summed E-state index contributed by atoms with van der Waals surface area (Å²) < 4.78 is 6.16. The Kier molecular flexibility index (Phi) is 3.89. The monoisotopic (exact) mass is 275 g/mol. The zero-order chi connectivity index (χ0) is 13.9. The quantitative estimate of drug-likeness (QED) is 0.891. The summed E-state index contributed by atoms with van der Waals surface area (Å²) in [7, 11) is 0. The number of nitrogens with one attached hydrogen (secondary N) is 1. The van der Waals surface area contributed by atoms with Gasteiger partial charge in [0.2, 0.25) is 0 Å². The molecule has 0 aliphatic carbocycles. The van der Waals surface area contributed by atoms with E-state index in [0.717, 1.165) is 54.7 Å². The summed E-state index contributed by atoms with van der Waals surface area (Å²) in [5, 5.41) is 17.1. The molecule has 1 aliphatic heterocycles. The van der Waals surface area contributed by atoms with Crippen LogP contribution in [0.4, 0.5) is 0 Å². The van der Waals surface area contributed by atoms with E-state index >= 15 is 0 Å². The minimum Gasteiger partial charge on any atom is -0.490 e. The number of benzene rings is 1. The molecule has 20 heavy (non-hydrogen) atoms. The highest BCUT2D eigenvalue weighted by Crippen LogP contribution is 2.28. The minimum atomic E-state index is 0.238. The van der Waals surface area contributed by atoms with Gasteiger partial charge in [0, 0.05) is 30.6 Å². The standard InChI is InChI=1S/C15H21N3O2/c1-11-13-10-16-17-14(13)2-3-15(11)20-12-4-6-18(7-5-12)8-9-19/h2-3,10,12,19H,4-9H2,1H3,(H,16,17). The van der Waals surface area contributed by atoms with Crippen molar-refractivity contribution >= 4 is 10.9 Å². The van der Waals surface area contributed by atoms with Gasteiger partial charge in [-0.1, -0.05) is 0 Å². The summed E-state index contributed by atoms with van der Waals surface area (Å²) in [5.74, 6) is 0.958. The molecule has 0 unspecified atom stereocenters. The Morgan fingerprint density at radius 1 is 1.40 bits per heavy atom. The van der Waals surface area contributed by atoms with Crippen molar-refractivity contribution in [3.8, 4) is 5.75 Å². The van der Waals surface area contributed by atoms with E-state index in [2.05, 4.69) is 22.0 Å². The van der Waals surface area contributed by atoms with E-state index in [1.54, 1.807) is 0 Å². The third kappa shape index (κ3) is 2.64. The zero-order valence-corrected chi connectivity index (χ0v) is 11.8. The van der Waals surface area contributed by atoms with Crippen molar-refractivity contribution in [2.75, 3.05) is 26.2 Å². The van der Waals surface area contributed by atoms with E-state index in [-0.39, 0.29) is 12.7 Å². The number of hydrogen-bond donors (Lipinski definition) is 2. The molecule has 0 amide bonds. The molecule has 1 aromatic carbocycles. The van der Waals surface area contributed by atoms with Crippen LogP contribution in [0.5, 0.6) is 5.75 Å². The van der Waals surface area contributed by atoms with Gasteiger partial charge in [0.15, 0.2) is 0 Å². The van der Waals surface area contributed by atoms with E-state index < -0.39 is 0 Å². The predicted octanol–water partition coefficient (Wildman–Crippen LogP) is 1.71. The van der Waals surface area contributed by atoms with Gasteiger partial charge in [0.1, 0.15) is 11.9 Å². The van der Waals surface area contributed by atoms with Gasteiger partial charge in [-0.05, 0) is 31.9 Å². The van der Waals surface area contributed by atoms with Crippen LogP contribution in [0.3, 0.4) is 0 Å². The van der Waals surface area contributed by atoms with E-state index in [0.29, 0.717) is 0 Å². The fourth-order valence-electron chi connectivity index (χ4n) is 2.84. The maximum atomic E-state index is 8.95. The molecule has 0 atom stereocenters. The molecule has 1 fully saturated rings. The van der Waals surface area contributed by atoms with Crippen molar-refractivity contribution in [3.63, 3.8) is 0 Å². The fraction of sp³-hybridized carbons (Fsp3) is 0.533. The number of aryl methyl sites for hydroxylation is 1. The number of aliphatic hydroxyl groups excluding tert-OH is 1. The highest BCUT2D eigenvalue weighted by atomic mass is 16.5. The molecule has 0 radical (unpaired) electrons. The molecule has 0 bridgehead atoms. The number of aromatic nitrogens is 2. The summed E-state index contributed by atoms with van der Waals surface area (Å²) in [4.78, 5) is 2.28. The van der Waals surface area contributed by atoms with Crippen molar-refractivity contribution in [3.05, 3.63) is 23.9 Å². The second-order valence-electron chi connectivity index (χ2n) is 5.40. The summed E-state index contributed by atoms with van der Waals surface area (Å²) >= 11 is 0. The Hall–Kier alpha value is -1.59. The number of likely N-dealkylation sites (tertiary alicyclic amines) is 1. The minimum absolute atomic E-state index is 0.238. The molecule has 1 saturated heterocycles. The average molecular weight is 275 g/mol. The number of fused-ring (bicyclic) bond motifs is 1. The van der Waals surface area contributed by atoms with Crippen LogP contribution in [0.15, 0.2) is 18.3 Å². The molecule has 5 nitrogen and oxygen atoms in total. The third-order valence-corrected chi connectivity index (χ3v) is 4.09. The number of aliphatic hydroxyl groups is 1. The van der Waals surface area contributed by atoms with Gasteiger partial charge < -0.3 is 14.7 Å². The molecule has 1 aromatic heterocycles. The van der Waals surface area contributed by atoms with Gasteiger partial charge in [0.05, 0.1) is 18.3 Å².